The van der Waals surface area contributed by atoms with E-state index in [1.807, 2.05) is 30.3 Å². The van der Waals surface area contributed by atoms with Crippen molar-refractivity contribution in [2.75, 3.05) is 5.32 Å². The highest BCUT2D eigenvalue weighted by molar-refractivity contribution is 5.24. The van der Waals surface area contributed by atoms with Crippen molar-refractivity contribution in [3.63, 3.8) is 0 Å². The predicted octanol–water partition coefficient (Wildman–Crippen LogP) is 3.03. The number of nitrogens with one attached hydrogen (secondary N) is 1. The summed E-state index contributed by atoms with van der Waals surface area (Å²) in [4.78, 5) is 0. The molecule has 1 heterocycles. The minimum atomic E-state index is -2.74. The first-order valence-electron chi connectivity index (χ1n) is 6.30. The number of benzene rings is 1. The first-order chi connectivity index (χ1) is 9.70. The van der Waals surface area contributed by atoms with Crippen LogP contribution in [0, 0.1) is 0 Å². The van der Waals surface area contributed by atoms with E-state index < -0.39 is 12.3 Å². The zero-order chi connectivity index (χ0) is 13.9. The highest BCUT2D eigenvalue weighted by atomic mass is 19.3. The minimum absolute atomic E-state index is 0.0310. The van der Waals surface area contributed by atoms with Crippen LogP contribution < -0.4 is 10.1 Å². The van der Waals surface area contributed by atoms with E-state index >= 15 is 0 Å². The van der Waals surface area contributed by atoms with Crippen LogP contribution >= 0.6 is 0 Å². The second kappa shape index (κ2) is 5.44. The highest BCUT2D eigenvalue weighted by Gasteiger charge is 2.32. The van der Waals surface area contributed by atoms with E-state index in [0.717, 1.165) is 18.6 Å². The van der Waals surface area contributed by atoms with Crippen molar-refractivity contribution < 1.29 is 17.9 Å². The van der Waals surface area contributed by atoms with Crippen LogP contribution in [0.15, 0.2) is 34.7 Å². The number of hydrogen-bond donors (Lipinski definition) is 1. The van der Waals surface area contributed by atoms with Gasteiger partial charge in [-0.3, -0.25) is 0 Å². The van der Waals surface area contributed by atoms with Gasteiger partial charge < -0.3 is 14.5 Å². The van der Waals surface area contributed by atoms with E-state index in [4.69, 9.17) is 9.15 Å². The van der Waals surface area contributed by atoms with Gasteiger partial charge in [-0.25, -0.2) is 0 Å². The molecule has 0 aliphatic heterocycles. The summed E-state index contributed by atoms with van der Waals surface area (Å²) in [6.07, 6.45) is -1.09. The molecule has 1 aromatic heterocycles. The van der Waals surface area contributed by atoms with E-state index in [2.05, 4.69) is 15.5 Å². The van der Waals surface area contributed by atoms with Crippen molar-refractivity contribution in [2.45, 2.75) is 31.4 Å². The van der Waals surface area contributed by atoms with Crippen LogP contribution in [0.1, 0.15) is 25.2 Å². The maximum atomic E-state index is 12.3. The monoisotopic (exact) mass is 281 g/mol. The first kappa shape index (κ1) is 12.8. The second-order valence-corrected chi connectivity index (χ2v) is 4.61. The van der Waals surface area contributed by atoms with Gasteiger partial charge in [-0.15, -0.1) is 5.10 Å². The molecule has 1 aliphatic rings. The predicted molar refractivity (Wildman–Crippen MR) is 66.8 cm³/mol. The fourth-order valence-corrected chi connectivity index (χ4v) is 2.03. The fourth-order valence-electron chi connectivity index (χ4n) is 2.03. The van der Waals surface area contributed by atoms with E-state index in [0.29, 0.717) is 0 Å². The number of rotatable bonds is 5. The molecular formula is C13H13F2N3O2. The SMILES string of the molecule is FC(F)c1nnc(NC2CC(Oc3ccccc3)C2)o1. The van der Waals surface area contributed by atoms with Crippen molar-refractivity contribution in [2.24, 2.45) is 0 Å². The molecule has 0 amide bonds. The standard InChI is InChI=1S/C13H13F2N3O2/c14-11(15)12-17-18-13(20-12)16-8-6-10(7-8)19-9-4-2-1-3-5-9/h1-5,8,10-11H,6-7H2,(H,16,18). The average Bonchev–Trinajstić information content (AvgIpc) is 2.86. The van der Waals surface area contributed by atoms with Gasteiger partial charge in [0, 0.05) is 18.9 Å². The molecule has 7 heteroatoms. The van der Waals surface area contributed by atoms with E-state index in [1.54, 1.807) is 0 Å². The Morgan fingerprint density at radius 1 is 1.20 bits per heavy atom. The lowest BCUT2D eigenvalue weighted by atomic mass is 9.89. The van der Waals surface area contributed by atoms with Gasteiger partial charge in [0.1, 0.15) is 11.9 Å². The van der Waals surface area contributed by atoms with Gasteiger partial charge in [0.05, 0.1) is 0 Å². The minimum Gasteiger partial charge on any atom is -0.490 e. The molecule has 3 rings (SSSR count). The number of halogens is 2. The molecule has 20 heavy (non-hydrogen) atoms. The summed E-state index contributed by atoms with van der Waals surface area (Å²) in [5.74, 6) is 0.164. The summed E-state index contributed by atoms with van der Waals surface area (Å²) in [6.45, 7) is 0. The molecule has 0 radical (unpaired) electrons. The molecule has 1 aliphatic carbocycles. The quantitative estimate of drug-likeness (QED) is 0.912. The Morgan fingerprint density at radius 3 is 2.60 bits per heavy atom. The molecule has 0 unspecified atom stereocenters. The second-order valence-electron chi connectivity index (χ2n) is 4.61. The van der Waals surface area contributed by atoms with Crippen molar-refractivity contribution in [1.29, 1.82) is 0 Å². The van der Waals surface area contributed by atoms with Crippen LogP contribution in [0.3, 0.4) is 0 Å². The largest absolute Gasteiger partial charge is 0.490 e. The summed E-state index contributed by atoms with van der Waals surface area (Å²) in [6, 6.07) is 9.68. The Labute approximate surface area is 114 Å². The number of para-hydroxylation sites is 1. The smallest absolute Gasteiger partial charge is 0.315 e. The van der Waals surface area contributed by atoms with Gasteiger partial charge in [0.2, 0.25) is 0 Å². The lowest BCUT2D eigenvalue weighted by Gasteiger charge is -2.35. The van der Waals surface area contributed by atoms with E-state index in [-0.39, 0.29) is 18.2 Å². The molecule has 0 bridgehead atoms. The molecule has 1 fully saturated rings. The Morgan fingerprint density at radius 2 is 1.95 bits per heavy atom. The summed E-state index contributed by atoms with van der Waals surface area (Å²) in [5.41, 5.74) is 0. The average molecular weight is 281 g/mol. The van der Waals surface area contributed by atoms with Crippen LogP contribution in [-0.2, 0) is 0 Å². The third-order valence-electron chi connectivity index (χ3n) is 3.10. The zero-order valence-electron chi connectivity index (χ0n) is 10.5. The van der Waals surface area contributed by atoms with Gasteiger partial charge in [-0.05, 0) is 12.1 Å². The van der Waals surface area contributed by atoms with Crippen molar-refractivity contribution >= 4 is 6.01 Å². The van der Waals surface area contributed by atoms with Crippen LogP contribution in [0.5, 0.6) is 5.75 Å². The van der Waals surface area contributed by atoms with Gasteiger partial charge in [0.15, 0.2) is 0 Å². The third kappa shape index (κ3) is 2.87. The topological polar surface area (TPSA) is 60.2 Å². The van der Waals surface area contributed by atoms with Crippen molar-refractivity contribution in [3.8, 4) is 5.75 Å². The van der Waals surface area contributed by atoms with E-state index in [9.17, 15) is 8.78 Å². The van der Waals surface area contributed by atoms with Gasteiger partial charge in [0.25, 0.3) is 5.89 Å². The number of anilines is 1. The number of aromatic nitrogens is 2. The molecular weight excluding hydrogens is 268 g/mol. The third-order valence-corrected chi connectivity index (χ3v) is 3.10. The normalized spacial score (nSPS) is 21.6. The number of hydrogen-bond acceptors (Lipinski definition) is 5. The lowest BCUT2D eigenvalue weighted by molar-refractivity contribution is 0.104. The highest BCUT2D eigenvalue weighted by Crippen LogP contribution is 2.28. The Bertz CT molecular complexity index is 556. The maximum Gasteiger partial charge on any atom is 0.315 e. The zero-order valence-corrected chi connectivity index (χ0v) is 10.5. The Hall–Kier alpha value is -2.18. The Kier molecular flexibility index (Phi) is 3.49. The molecule has 0 spiro atoms. The van der Waals surface area contributed by atoms with E-state index in [1.165, 1.54) is 0 Å². The van der Waals surface area contributed by atoms with Crippen LogP contribution in [0.25, 0.3) is 0 Å². The first-order valence-corrected chi connectivity index (χ1v) is 6.30. The fraction of sp³-hybridized carbons (Fsp3) is 0.385. The van der Waals surface area contributed by atoms with Crippen LogP contribution in [0.2, 0.25) is 0 Å². The molecule has 5 nitrogen and oxygen atoms in total. The lowest BCUT2D eigenvalue weighted by Crippen LogP contribution is -2.42. The molecule has 1 aromatic carbocycles. The molecule has 0 saturated heterocycles. The van der Waals surface area contributed by atoms with Crippen LogP contribution in [0.4, 0.5) is 14.8 Å². The molecule has 0 atom stereocenters. The van der Waals surface area contributed by atoms with Gasteiger partial charge in [-0.1, -0.05) is 23.3 Å². The Balaban J connectivity index is 1.46. The molecule has 2 aromatic rings. The molecule has 106 valence electrons. The summed E-state index contributed by atoms with van der Waals surface area (Å²) >= 11 is 0. The molecule has 1 N–H and O–H groups in total. The van der Waals surface area contributed by atoms with Crippen molar-refractivity contribution in [1.82, 2.24) is 10.2 Å². The summed E-state index contributed by atoms with van der Waals surface area (Å²) in [7, 11) is 0. The number of ether oxygens (including phenoxy) is 1. The number of nitrogens with zero attached hydrogens (tertiary/aromatic N) is 2. The summed E-state index contributed by atoms with van der Waals surface area (Å²) < 4.78 is 35.1. The molecule has 1 saturated carbocycles. The van der Waals surface area contributed by atoms with Crippen LogP contribution in [-0.4, -0.2) is 22.3 Å². The summed E-state index contributed by atoms with van der Waals surface area (Å²) in [5, 5.41) is 9.69. The maximum absolute atomic E-state index is 12.3. The van der Waals surface area contributed by atoms with Crippen molar-refractivity contribution in [3.05, 3.63) is 36.2 Å². The van der Waals surface area contributed by atoms with Gasteiger partial charge >= 0.3 is 12.4 Å². The number of alkyl halides is 2. The van der Waals surface area contributed by atoms with Gasteiger partial charge in [-0.2, -0.15) is 8.78 Å².